The molecular formula is C12H12N4O4. The Labute approximate surface area is 114 Å². The van der Waals surface area contributed by atoms with E-state index in [9.17, 15) is 20.0 Å². The predicted octanol–water partition coefficient (Wildman–Crippen LogP) is 1.31. The van der Waals surface area contributed by atoms with Crippen LogP contribution >= 0.6 is 0 Å². The van der Waals surface area contributed by atoms with Gasteiger partial charge >= 0.3 is 0 Å². The molecule has 0 unspecified atom stereocenters. The number of nitro groups is 1. The zero-order valence-corrected chi connectivity index (χ0v) is 10.8. The Hall–Kier alpha value is -2.90. The lowest BCUT2D eigenvalue weighted by Crippen LogP contribution is -2.25. The number of benzene rings is 1. The summed E-state index contributed by atoms with van der Waals surface area (Å²) < 4.78 is 1.54. The minimum atomic E-state index is -0.640. The Bertz CT molecular complexity index is 680. The molecule has 0 aliphatic carbocycles. The van der Waals surface area contributed by atoms with Gasteiger partial charge in [-0.1, -0.05) is 0 Å². The zero-order valence-electron chi connectivity index (χ0n) is 10.8. The van der Waals surface area contributed by atoms with E-state index in [2.05, 4.69) is 5.10 Å². The van der Waals surface area contributed by atoms with E-state index in [1.807, 2.05) is 0 Å². The first kappa shape index (κ1) is 13.5. The topological polar surface area (TPSA) is 102 Å². The minimum absolute atomic E-state index is 0.0121. The maximum atomic E-state index is 12.2. The van der Waals surface area contributed by atoms with E-state index in [-0.39, 0.29) is 11.3 Å². The van der Waals surface area contributed by atoms with Crippen molar-refractivity contribution in [2.24, 2.45) is 7.05 Å². The van der Waals surface area contributed by atoms with Crippen molar-refractivity contribution in [2.75, 3.05) is 11.9 Å². The standard InChI is InChI=1S/C12H12N4O4/c1-14-7-9(6-13-14)15(2)12(18)10-4-3-8(16(19)20)5-11(10)17/h3-7,17H,1-2H3. The van der Waals surface area contributed by atoms with Gasteiger partial charge in [-0.2, -0.15) is 5.10 Å². The lowest BCUT2D eigenvalue weighted by atomic mass is 10.1. The highest BCUT2D eigenvalue weighted by Crippen LogP contribution is 2.25. The van der Waals surface area contributed by atoms with Crippen molar-refractivity contribution in [3.63, 3.8) is 0 Å². The number of nitrogens with zero attached hydrogens (tertiary/aromatic N) is 4. The molecule has 2 aromatic rings. The van der Waals surface area contributed by atoms with Gasteiger partial charge in [-0.3, -0.25) is 19.6 Å². The highest BCUT2D eigenvalue weighted by atomic mass is 16.6. The molecule has 8 nitrogen and oxygen atoms in total. The maximum absolute atomic E-state index is 12.2. The van der Waals surface area contributed by atoms with Crippen LogP contribution in [0.4, 0.5) is 11.4 Å². The van der Waals surface area contributed by atoms with Gasteiger partial charge < -0.3 is 10.0 Å². The molecule has 0 spiro atoms. The van der Waals surface area contributed by atoms with Crippen LogP contribution in [0.15, 0.2) is 30.6 Å². The van der Waals surface area contributed by atoms with Crippen LogP contribution in [0.25, 0.3) is 0 Å². The fourth-order valence-electron chi connectivity index (χ4n) is 1.69. The molecule has 0 bridgehead atoms. The number of aromatic nitrogens is 2. The first-order chi connectivity index (χ1) is 9.40. The van der Waals surface area contributed by atoms with Crippen LogP contribution in [0.1, 0.15) is 10.4 Å². The SMILES string of the molecule is CN(C(=O)c1ccc([N+](=O)[O-])cc1O)c1cnn(C)c1. The molecular weight excluding hydrogens is 264 g/mol. The Morgan fingerprint density at radius 3 is 2.70 bits per heavy atom. The number of hydrogen-bond donors (Lipinski definition) is 1. The Balaban J connectivity index is 2.31. The summed E-state index contributed by atoms with van der Waals surface area (Å²) in [6.07, 6.45) is 3.14. The van der Waals surface area contributed by atoms with Crippen LogP contribution in [0, 0.1) is 10.1 Å². The van der Waals surface area contributed by atoms with Crippen LogP contribution in [-0.4, -0.2) is 32.8 Å². The number of carbonyl (C=O) groups is 1. The van der Waals surface area contributed by atoms with E-state index in [0.29, 0.717) is 5.69 Å². The summed E-state index contributed by atoms with van der Waals surface area (Å²) in [5, 5.41) is 24.3. The summed E-state index contributed by atoms with van der Waals surface area (Å²) in [5.41, 5.74) is 0.264. The van der Waals surface area contributed by atoms with Gasteiger partial charge in [0.15, 0.2) is 0 Å². The Morgan fingerprint density at radius 2 is 2.20 bits per heavy atom. The molecule has 8 heteroatoms. The summed E-state index contributed by atoms with van der Waals surface area (Å²) >= 11 is 0. The third kappa shape index (κ3) is 2.44. The molecule has 1 amide bonds. The van der Waals surface area contributed by atoms with Crippen molar-refractivity contribution in [2.45, 2.75) is 0 Å². The molecule has 1 heterocycles. The van der Waals surface area contributed by atoms with Crippen molar-refractivity contribution in [3.8, 4) is 5.75 Å². The number of aryl methyl sites for hydroxylation is 1. The molecule has 1 aromatic carbocycles. The largest absolute Gasteiger partial charge is 0.507 e. The normalized spacial score (nSPS) is 10.3. The molecule has 1 N–H and O–H groups in total. The molecule has 2 rings (SSSR count). The van der Waals surface area contributed by atoms with Gasteiger partial charge in [0, 0.05) is 26.4 Å². The number of hydrogen-bond acceptors (Lipinski definition) is 5. The molecule has 0 saturated carbocycles. The summed E-state index contributed by atoms with van der Waals surface area (Å²) in [5.74, 6) is -0.912. The van der Waals surface area contributed by atoms with Gasteiger partial charge in [-0.25, -0.2) is 0 Å². The summed E-state index contributed by atoms with van der Waals surface area (Å²) in [6.45, 7) is 0. The summed E-state index contributed by atoms with van der Waals surface area (Å²) in [6, 6.07) is 3.34. The highest BCUT2D eigenvalue weighted by molar-refractivity contribution is 6.07. The lowest BCUT2D eigenvalue weighted by molar-refractivity contribution is -0.384. The lowest BCUT2D eigenvalue weighted by Gasteiger charge is -2.15. The van der Waals surface area contributed by atoms with E-state index in [4.69, 9.17) is 0 Å². The number of rotatable bonds is 3. The van der Waals surface area contributed by atoms with Crippen LogP contribution in [0.5, 0.6) is 5.75 Å². The number of aromatic hydroxyl groups is 1. The third-order valence-corrected chi connectivity index (χ3v) is 2.81. The van der Waals surface area contributed by atoms with E-state index in [0.717, 1.165) is 6.07 Å². The molecule has 0 fully saturated rings. The number of phenolic OH excluding ortho intramolecular Hbond substituents is 1. The van der Waals surface area contributed by atoms with E-state index >= 15 is 0 Å². The molecule has 0 radical (unpaired) electrons. The first-order valence-electron chi connectivity index (χ1n) is 5.64. The van der Waals surface area contributed by atoms with Crippen LogP contribution in [0.3, 0.4) is 0 Å². The maximum Gasteiger partial charge on any atom is 0.273 e. The minimum Gasteiger partial charge on any atom is -0.507 e. The number of anilines is 1. The van der Waals surface area contributed by atoms with Gasteiger partial charge in [0.2, 0.25) is 0 Å². The molecule has 104 valence electrons. The second-order valence-corrected chi connectivity index (χ2v) is 4.19. The quantitative estimate of drug-likeness (QED) is 0.672. The highest BCUT2D eigenvalue weighted by Gasteiger charge is 2.20. The van der Waals surface area contributed by atoms with Gasteiger partial charge in [0.1, 0.15) is 5.75 Å². The number of phenols is 1. The van der Waals surface area contributed by atoms with Gasteiger partial charge in [0.25, 0.3) is 11.6 Å². The second kappa shape index (κ2) is 5.00. The van der Waals surface area contributed by atoms with Crippen LogP contribution in [0.2, 0.25) is 0 Å². The molecule has 0 atom stereocenters. The van der Waals surface area contributed by atoms with Gasteiger partial charge in [-0.15, -0.1) is 0 Å². The van der Waals surface area contributed by atoms with Crippen molar-refractivity contribution in [1.82, 2.24) is 9.78 Å². The first-order valence-corrected chi connectivity index (χ1v) is 5.64. The van der Waals surface area contributed by atoms with Crippen LogP contribution in [-0.2, 0) is 7.05 Å². The Morgan fingerprint density at radius 1 is 1.50 bits per heavy atom. The van der Waals surface area contributed by atoms with Gasteiger partial charge in [-0.05, 0) is 6.07 Å². The molecule has 0 aliphatic heterocycles. The fraction of sp³-hybridized carbons (Fsp3) is 0.167. The molecule has 0 saturated heterocycles. The van der Waals surface area contributed by atoms with Crippen molar-refractivity contribution >= 4 is 17.3 Å². The number of carbonyl (C=O) groups excluding carboxylic acids is 1. The smallest absolute Gasteiger partial charge is 0.273 e. The molecule has 1 aromatic heterocycles. The van der Waals surface area contributed by atoms with E-state index in [1.165, 1.54) is 35.0 Å². The summed E-state index contributed by atoms with van der Waals surface area (Å²) in [7, 11) is 3.24. The average molecular weight is 276 g/mol. The average Bonchev–Trinajstić information content (AvgIpc) is 2.83. The van der Waals surface area contributed by atoms with E-state index in [1.54, 1.807) is 13.2 Å². The van der Waals surface area contributed by atoms with Crippen molar-refractivity contribution in [1.29, 1.82) is 0 Å². The van der Waals surface area contributed by atoms with E-state index < -0.39 is 16.6 Å². The monoisotopic (exact) mass is 276 g/mol. The summed E-state index contributed by atoms with van der Waals surface area (Å²) in [4.78, 5) is 23.5. The number of non-ortho nitro benzene ring substituents is 1. The number of amides is 1. The van der Waals surface area contributed by atoms with Crippen molar-refractivity contribution < 1.29 is 14.8 Å². The predicted molar refractivity (Wildman–Crippen MR) is 70.7 cm³/mol. The van der Waals surface area contributed by atoms with Crippen molar-refractivity contribution in [3.05, 3.63) is 46.3 Å². The number of nitro benzene ring substituents is 1. The van der Waals surface area contributed by atoms with Crippen LogP contribution < -0.4 is 4.90 Å². The zero-order chi connectivity index (χ0) is 14.9. The fourth-order valence-corrected chi connectivity index (χ4v) is 1.69. The molecule has 0 aliphatic rings. The second-order valence-electron chi connectivity index (χ2n) is 4.19. The van der Waals surface area contributed by atoms with Gasteiger partial charge in [0.05, 0.1) is 28.4 Å². The Kier molecular flexibility index (Phi) is 3.38. The third-order valence-electron chi connectivity index (χ3n) is 2.81. The molecule has 20 heavy (non-hydrogen) atoms.